The minimum Gasteiger partial charge on any atom is -0.378 e. The number of hydrogen-bond donors (Lipinski definition) is 1. The molecule has 2 N–H and O–H groups in total. The van der Waals surface area contributed by atoms with Crippen LogP contribution in [0.15, 0.2) is 0 Å². The fourth-order valence-electron chi connectivity index (χ4n) is 2.65. The molecule has 0 aromatic heterocycles. The van der Waals surface area contributed by atoms with E-state index in [1.54, 1.807) is 0 Å². The third kappa shape index (κ3) is 2.71. The van der Waals surface area contributed by atoms with Crippen molar-refractivity contribution in [2.45, 2.75) is 63.2 Å². The second-order valence-electron chi connectivity index (χ2n) is 5.02. The van der Waals surface area contributed by atoms with Crippen LogP contribution in [0.4, 0.5) is 0 Å². The fourth-order valence-corrected chi connectivity index (χ4v) is 2.65. The van der Waals surface area contributed by atoms with Gasteiger partial charge in [0, 0.05) is 18.8 Å². The molecule has 0 aromatic carbocycles. The van der Waals surface area contributed by atoms with Gasteiger partial charge in [-0.3, -0.25) is 0 Å². The predicted octanol–water partition coefficient (Wildman–Crippen LogP) is 1.84. The summed E-state index contributed by atoms with van der Waals surface area (Å²) < 4.78 is 11.1. The lowest BCUT2D eigenvalue weighted by Gasteiger charge is -2.27. The van der Waals surface area contributed by atoms with Crippen molar-refractivity contribution in [2.75, 3.05) is 13.2 Å². The average molecular weight is 213 g/mol. The van der Waals surface area contributed by atoms with Crippen molar-refractivity contribution in [3.05, 3.63) is 0 Å². The maximum absolute atomic E-state index is 6.32. The summed E-state index contributed by atoms with van der Waals surface area (Å²) in [5.41, 5.74) is 6.25. The van der Waals surface area contributed by atoms with Gasteiger partial charge < -0.3 is 15.2 Å². The SMILES string of the molecule is CC1OCCC1(N)CCCC1CCCO1. The second kappa shape index (κ2) is 4.81. The summed E-state index contributed by atoms with van der Waals surface area (Å²) in [6.45, 7) is 3.88. The lowest BCUT2D eigenvalue weighted by molar-refractivity contribution is 0.0829. The number of ether oxygens (including phenoxy) is 2. The van der Waals surface area contributed by atoms with Gasteiger partial charge in [0.25, 0.3) is 0 Å². The molecule has 0 spiro atoms. The molecule has 2 aliphatic rings. The molecule has 3 atom stereocenters. The molecular weight excluding hydrogens is 190 g/mol. The van der Waals surface area contributed by atoms with Crippen molar-refractivity contribution in [3.63, 3.8) is 0 Å². The van der Waals surface area contributed by atoms with E-state index in [9.17, 15) is 0 Å². The number of rotatable bonds is 4. The molecule has 0 amide bonds. The van der Waals surface area contributed by atoms with Crippen LogP contribution in [0.3, 0.4) is 0 Å². The highest BCUT2D eigenvalue weighted by molar-refractivity contribution is 4.94. The smallest absolute Gasteiger partial charge is 0.0727 e. The van der Waals surface area contributed by atoms with Crippen LogP contribution in [0.2, 0.25) is 0 Å². The van der Waals surface area contributed by atoms with Crippen LogP contribution in [-0.4, -0.2) is 31.0 Å². The van der Waals surface area contributed by atoms with E-state index in [0.29, 0.717) is 6.10 Å². The topological polar surface area (TPSA) is 44.5 Å². The molecule has 0 radical (unpaired) electrons. The molecule has 3 nitrogen and oxygen atoms in total. The maximum atomic E-state index is 6.32. The Hall–Kier alpha value is -0.120. The maximum Gasteiger partial charge on any atom is 0.0727 e. The largest absolute Gasteiger partial charge is 0.378 e. The van der Waals surface area contributed by atoms with Crippen LogP contribution >= 0.6 is 0 Å². The van der Waals surface area contributed by atoms with Crippen LogP contribution in [0.5, 0.6) is 0 Å². The first-order valence-electron chi connectivity index (χ1n) is 6.23. The van der Waals surface area contributed by atoms with E-state index in [1.807, 2.05) is 0 Å². The lowest BCUT2D eigenvalue weighted by atomic mass is 9.87. The highest BCUT2D eigenvalue weighted by Gasteiger charge is 2.37. The molecule has 2 saturated heterocycles. The Morgan fingerprint density at radius 3 is 2.80 bits per heavy atom. The summed E-state index contributed by atoms with van der Waals surface area (Å²) in [5, 5.41) is 0. The molecule has 2 heterocycles. The van der Waals surface area contributed by atoms with E-state index in [1.165, 1.54) is 25.7 Å². The van der Waals surface area contributed by atoms with Gasteiger partial charge in [-0.05, 0) is 45.4 Å². The summed E-state index contributed by atoms with van der Waals surface area (Å²) in [4.78, 5) is 0. The Labute approximate surface area is 92.3 Å². The lowest BCUT2D eigenvalue weighted by Crippen LogP contribution is -2.45. The molecule has 0 saturated carbocycles. The zero-order chi connectivity index (χ0) is 10.7. The van der Waals surface area contributed by atoms with Gasteiger partial charge in [-0.1, -0.05) is 0 Å². The molecule has 88 valence electrons. The molecule has 3 unspecified atom stereocenters. The van der Waals surface area contributed by atoms with Crippen LogP contribution in [0.25, 0.3) is 0 Å². The van der Waals surface area contributed by atoms with Crippen molar-refractivity contribution in [1.29, 1.82) is 0 Å². The van der Waals surface area contributed by atoms with Gasteiger partial charge in [0.15, 0.2) is 0 Å². The highest BCUT2D eigenvalue weighted by atomic mass is 16.5. The Bertz CT molecular complexity index is 204. The fraction of sp³-hybridized carbons (Fsp3) is 1.00. The van der Waals surface area contributed by atoms with Crippen molar-refractivity contribution >= 4 is 0 Å². The van der Waals surface area contributed by atoms with Gasteiger partial charge in [0.05, 0.1) is 12.2 Å². The van der Waals surface area contributed by atoms with Gasteiger partial charge in [0.1, 0.15) is 0 Å². The van der Waals surface area contributed by atoms with E-state index in [-0.39, 0.29) is 11.6 Å². The monoisotopic (exact) mass is 213 g/mol. The molecule has 0 aliphatic carbocycles. The molecular formula is C12H23NO2. The Morgan fingerprint density at radius 2 is 2.20 bits per heavy atom. The van der Waals surface area contributed by atoms with Crippen molar-refractivity contribution in [3.8, 4) is 0 Å². The minimum atomic E-state index is -0.0708. The predicted molar refractivity (Wildman–Crippen MR) is 59.8 cm³/mol. The molecule has 15 heavy (non-hydrogen) atoms. The molecule has 3 heteroatoms. The highest BCUT2D eigenvalue weighted by Crippen LogP contribution is 2.29. The molecule has 0 bridgehead atoms. The van der Waals surface area contributed by atoms with Gasteiger partial charge in [0.2, 0.25) is 0 Å². The van der Waals surface area contributed by atoms with E-state index in [2.05, 4.69) is 6.92 Å². The number of nitrogens with two attached hydrogens (primary N) is 1. The first-order chi connectivity index (χ1) is 7.21. The third-order valence-electron chi connectivity index (χ3n) is 3.94. The van der Waals surface area contributed by atoms with Gasteiger partial charge in [-0.15, -0.1) is 0 Å². The quantitative estimate of drug-likeness (QED) is 0.775. The standard InChI is InChI=1S/C12H23NO2/c1-10-12(13,7-9-14-10)6-2-4-11-5-3-8-15-11/h10-11H,2-9,13H2,1H3. The van der Waals surface area contributed by atoms with Crippen LogP contribution in [0, 0.1) is 0 Å². The Balaban J connectivity index is 1.68. The zero-order valence-corrected chi connectivity index (χ0v) is 9.71. The number of hydrogen-bond acceptors (Lipinski definition) is 3. The van der Waals surface area contributed by atoms with E-state index < -0.39 is 0 Å². The average Bonchev–Trinajstić information content (AvgIpc) is 2.79. The van der Waals surface area contributed by atoms with Crippen LogP contribution in [-0.2, 0) is 9.47 Å². The van der Waals surface area contributed by atoms with Crippen LogP contribution in [0.1, 0.15) is 45.4 Å². The van der Waals surface area contributed by atoms with Gasteiger partial charge >= 0.3 is 0 Å². The summed E-state index contributed by atoms with van der Waals surface area (Å²) >= 11 is 0. The summed E-state index contributed by atoms with van der Waals surface area (Å²) in [6, 6.07) is 0. The van der Waals surface area contributed by atoms with Gasteiger partial charge in [-0.25, -0.2) is 0 Å². The van der Waals surface area contributed by atoms with E-state index in [4.69, 9.17) is 15.2 Å². The normalized spacial score (nSPS) is 41.2. The Kier molecular flexibility index (Phi) is 3.65. The summed E-state index contributed by atoms with van der Waals surface area (Å²) in [5.74, 6) is 0. The van der Waals surface area contributed by atoms with Crippen molar-refractivity contribution < 1.29 is 9.47 Å². The summed E-state index contributed by atoms with van der Waals surface area (Å²) in [6.07, 6.45) is 7.64. The summed E-state index contributed by atoms with van der Waals surface area (Å²) in [7, 11) is 0. The molecule has 2 aliphatic heterocycles. The first kappa shape index (κ1) is 11.4. The molecule has 0 aromatic rings. The Morgan fingerprint density at radius 1 is 1.33 bits per heavy atom. The van der Waals surface area contributed by atoms with E-state index >= 15 is 0 Å². The third-order valence-corrected chi connectivity index (χ3v) is 3.94. The molecule has 2 rings (SSSR count). The molecule has 2 fully saturated rings. The minimum absolute atomic E-state index is 0.0708. The van der Waals surface area contributed by atoms with Crippen molar-refractivity contribution in [2.24, 2.45) is 5.73 Å². The first-order valence-corrected chi connectivity index (χ1v) is 6.23. The van der Waals surface area contributed by atoms with E-state index in [0.717, 1.165) is 26.1 Å². The van der Waals surface area contributed by atoms with Gasteiger partial charge in [-0.2, -0.15) is 0 Å². The van der Waals surface area contributed by atoms with Crippen molar-refractivity contribution in [1.82, 2.24) is 0 Å². The second-order valence-corrected chi connectivity index (χ2v) is 5.02. The van der Waals surface area contributed by atoms with Crippen LogP contribution < -0.4 is 5.73 Å². The zero-order valence-electron chi connectivity index (χ0n) is 9.71.